The van der Waals surface area contributed by atoms with Gasteiger partial charge in [-0.2, -0.15) is 0 Å². The Morgan fingerprint density at radius 3 is 2.46 bits per heavy atom. The van der Waals surface area contributed by atoms with Crippen LogP contribution in [-0.2, 0) is 9.59 Å². The number of carbonyl (C=O) groups excluding carboxylic acids is 3. The van der Waals surface area contributed by atoms with Crippen LogP contribution < -0.4 is 15.5 Å². The van der Waals surface area contributed by atoms with E-state index in [1.165, 1.54) is 0 Å². The molecule has 1 aliphatic rings. The van der Waals surface area contributed by atoms with Gasteiger partial charge < -0.3 is 15.5 Å². The van der Waals surface area contributed by atoms with Crippen molar-refractivity contribution in [2.45, 2.75) is 20.3 Å². The highest BCUT2D eigenvalue weighted by Gasteiger charge is 2.35. The molecule has 3 amide bonds. The predicted octanol–water partition coefficient (Wildman–Crippen LogP) is 3.06. The number of hydrogen-bond donors (Lipinski definition) is 2. The van der Waals surface area contributed by atoms with E-state index >= 15 is 0 Å². The molecular formula is C22H25N3O3. The molecule has 0 spiro atoms. The van der Waals surface area contributed by atoms with Gasteiger partial charge in [-0.25, -0.2) is 0 Å². The Bertz CT molecular complexity index is 864. The normalized spacial score (nSPS) is 16.3. The van der Waals surface area contributed by atoms with Crippen molar-refractivity contribution in [1.29, 1.82) is 0 Å². The first-order chi connectivity index (χ1) is 13.5. The van der Waals surface area contributed by atoms with Gasteiger partial charge >= 0.3 is 0 Å². The van der Waals surface area contributed by atoms with Crippen molar-refractivity contribution < 1.29 is 14.4 Å². The fraction of sp³-hybridized carbons (Fsp3) is 0.318. The molecule has 1 fully saturated rings. The van der Waals surface area contributed by atoms with Gasteiger partial charge in [-0.05, 0) is 30.2 Å². The molecule has 0 radical (unpaired) electrons. The van der Waals surface area contributed by atoms with Gasteiger partial charge in [0.2, 0.25) is 11.8 Å². The van der Waals surface area contributed by atoms with Crippen LogP contribution in [0.5, 0.6) is 0 Å². The number of amides is 3. The summed E-state index contributed by atoms with van der Waals surface area (Å²) in [6.45, 7) is 4.92. The van der Waals surface area contributed by atoms with Crippen molar-refractivity contribution in [3.05, 3.63) is 60.2 Å². The highest BCUT2D eigenvalue weighted by atomic mass is 16.2. The van der Waals surface area contributed by atoms with Crippen LogP contribution in [0.25, 0.3) is 0 Å². The largest absolute Gasteiger partial charge is 0.352 e. The third kappa shape index (κ3) is 4.57. The zero-order valence-electron chi connectivity index (χ0n) is 16.1. The van der Waals surface area contributed by atoms with Crippen LogP contribution >= 0.6 is 0 Å². The lowest BCUT2D eigenvalue weighted by atomic mass is 10.1. The minimum Gasteiger partial charge on any atom is -0.352 e. The van der Waals surface area contributed by atoms with Crippen molar-refractivity contribution in [2.75, 3.05) is 23.3 Å². The Hall–Kier alpha value is -3.15. The van der Waals surface area contributed by atoms with E-state index in [1.54, 1.807) is 29.2 Å². The molecule has 6 heteroatoms. The summed E-state index contributed by atoms with van der Waals surface area (Å²) in [5.41, 5.74) is 1.66. The van der Waals surface area contributed by atoms with Gasteiger partial charge in [0.15, 0.2) is 0 Å². The van der Waals surface area contributed by atoms with E-state index in [-0.39, 0.29) is 24.1 Å². The number of para-hydroxylation sites is 2. The van der Waals surface area contributed by atoms with Crippen molar-refractivity contribution in [2.24, 2.45) is 11.8 Å². The van der Waals surface area contributed by atoms with Crippen molar-refractivity contribution in [3.8, 4) is 0 Å². The van der Waals surface area contributed by atoms with Gasteiger partial charge in [-0.1, -0.05) is 44.2 Å². The second kappa shape index (κ2) is 8.69. The zero-order valence-corrected chi connectivity index (χ0v) is 16.1. The average Bonchev–Trinajstić information content (AvgIpc) is 3.09. The van der Waals surface area contributed by atoms with E-state index in [1.807, 2.05) is 44.2 Å². The summed E-state index contributed by atoms with van der Waals surface area (Å²) in [4.78, 5) is 39.2. The van der Waals surface area contributed by atoms with Gasteiger partial charge in [0.05, 0.1) is 17.2 Å². The van der Waals surface area contributed by atoms with Crippen LogP contribution in [0, 0.1) is 11.8 Å². The van der Waals surface area contributed by atoms with Crippen LogP contribution in [0.3, 0.4) is 0 Å². The number of nitrogens with one attached hydrogen (secondary N) is 2. The van der Waals surface area contributed by atoms with E-state index < -0.39 is 5.92 Å². The summed E-state index contributed by atoms with van der Waals surface area (Å²) in [5, 5.41) is 5.70. The molecule has 2 aromatic carbocycles. The third-order valence-electron chi connectivity index (χ3n) is 4.66. The maximum absolute atomic E-state index is 12.8. The van der Waals surface area contributed by atoms with E-state index in [0.717, 1.165) is 5.69 Å². The predicted molar refractivity (Wildman–Crippen MR) is 109 cm³/mol. The number of nitrogens with zero attached hydrogens (tertiary/aromatic N) is 1. The lowest BCUT2D eigenvalue weighted by molar-refractivity contribution is -0.122. The molecule has 1 saturated heterocycles. The maximum atomic E-state index is 12.8. The molecule has 28 heavy (non-hydrogen) atoms. The second-order valence-corrected chi connectivity index (χ2v) is 7.38. The minimum atomic E-state index is -0.459. The van der Waals surface area contributed by atoms with Gasteiger partial charge in [-0.3, -0.25) is 14.4 Å². The number of rotatable bonds is 6. The Morgan fingerprint density at radius 2 is 1.75 bits per heavy atom. The monoisotopic (exact) mass is 379 g/mol. The van der Waals surface area contributed by atoms with E-state index in [2.05, 4.69) is 10.6 Å². The van der Waals surface area contributed by atoms with Crippen molar-refractivity contribution in [1.82, 2.24) is 5.32 Å². The van der Waals surface area contributed by atoms with Crippen molar-refractivity contribution in [3.63, 3.8) is 0 Å². The number of hydrogen-bond acceptors (Lipinski definition) is 3. The molecule has 1 atom stereocenters. The quantitative estimate of drug-likeness (QED) is 0.810. The SMILES string of the molecule is CC(C)CNC(=O)c1ccccc1NC(=O)[C@@H]1CC(=O)N(c2ccccc2)C1. The van der Waals surface area contributed by atoms with Gasteiger partial charge in [-0.15, -0.1) is 0 Å². The fourth-order valence-corrected chi connectivity index (χ4v) is 3.16. The highest BCUT2D eigenvalue weighted by Crippen LogP contribution is 2.26. The number of anilines is 2. The summed E-state index contributed by atoms with van der Waals surface area (Å²) in [6.07, 6.45) is 0.155. The van der Waals surface area contributed by atoms with E-state index in [0.29, 0.717) is 30.3 Å². The van der Waals surface area contributed by atoms with Gasteiger partial charge in [0, 0.05) is 25.2 Å². The van der Waals surface area contributed by atoms with Crippen LogP contribution in [0.4, 0.5) is 11.4 Å². The highest BCUT2D eigenvalue weighted by molar-refractivity contribution is 6.07. The van der Waals surface area contributed by atoms with Crippen LogP contribution in [-0.4, -0.2) is 30.8 Å². The van der Waals surface area contributed by atoms with Gasteiger partial charge in [0.25, 0.3) is 5.91 Å². The minimum absolute atomic E-state index is 0.0747. The van der Waals surface area contributed by atoms with Gasteiger partial charge in [0.1, 0.15) is 0 Å². The molecular weight excluding hydrogens is 354 g/mol. The molecule has 0 bridgehead atoms. The fourth-order valence-electron chi connectivity index (χ4n) is 3.16. The lowest BCUT2D eigenvalue weighted by Gasteiger charge is -2.17. The summed E-state index contributed by atoms with van der Waals surface area (Å²) < 4.78 is 0. The molecule has 3 rings (SSSR count). The first-order valence-corrected chi connectivity index (χ1v) is 9.49. The molecule has 0 saturated carbocycles. The molecule has 146 valence electrons. The van der Waals surface area contributed by atoms with Crippen molar-refractivity contribution >= 4 is 29.1 Å². The maximum Gasteiger partial charge on any atom is 0.253 e. The molecule has 6 nitrogen and oxygen atoms in total. The molecule has 2 aromatic rings. The second-order valence-electron chi connectivity index (χ2n) is 7.38. The first-order valence-electron chi connectivity index (χ1n) is 9.49. The summed E-state index contributed by atoms with van der Waals surface area (Å²) >= 11 is 0. The van der Waals surface area contributed by atoms with Crippen LogP contribution in [0.1, 0.15) is 30.6 Å². The number of benzene rings is 2. The summed E-state index contributed by atoms with van der Waals surface area (Å²) in [6, 6.07) is 16.2. The molecule has 0 unspecified atom stereocenters. The lowest BCUT2D eigenvalue weighted by Crippen LogP contribution is -2.30. The molecule has 1 heterocycles. The Kier molecular flexibility index (Phi) is 6.09. The average molecular weight is 379 g/mol. The standard InChI is InChI=1S/C22H25N3O3/c1-15(2)13-23-22(28)18-10-6-7-11-19(18)24-21(27)16-12-20(26)25(14-16)17-8-4-3-5-9-17/h3-11,15-16H,12-14H2,1-2H3,(H,23,28)(H,24,27)/t16-/m1/s1. The molecule has 0 aliphatic carbocycles. The summed E-state index contributed by atoms with van der Waals surface area (Å²) in [7, 11) is 0. The summed E-state index contributed by atoms with van der Waals surface area (Å²) in [5.74, 6) is -0.679. The van der Waals surface area contributed by atoms with E-state index in [4.69, 9.17) is 0 Å². The molecule has 1 aliphatic heterocycles. The van der Waals surface area contributed by atoms with Crippen LogP contribution in [0.15, 0.2) is 54.6 Å². The number of carbonyl (C=O) groups is 3. The Morgan fingerprint density at radius 1 is 1.07 bits per heavy atom. The zero-order chi connectivity index (χ0) is 20.1. The Labute approximate surface area is 164 Å². The smallest absolute Gasteiger partial charge is 0.253 e. The molecule has 2 N–H and O–H groups in total. The Balaban J connectivity index is 1.69. The van der Waals surface area contributed by atoms with E-state index in [9.17, 15) is 14.4 Å². The topological polar surface area (TPSA) is 78.5 Å². The molecule has 0 aromatic heterocycles. The first kappa shape index (κ1) is 19.6. The van der Waals surface area contributed by atoms with Crippen LogP contribution in [0.2, 0.25) is 0 Å². The third-order valence-corrected chi connectivity index (χ3v) is 4.66.